The molecule has 12 heteroatoms. The molecular formula is C20H24F2N6O4. The van der Waals surface area contributed by atoms with Gasteiger partial charge in [0.15, 0.2) is 0 Å². The van der Waals surface area contributed by atoms with Gasteiger partial charge in [-0.05, 0) is 24.6 Å². The number of hydrogen-bond acceptors (Lipinski definition) is 7. The van der Waals surface area contributed by atoms with Crippen molar-refractivity contribution in [3.8, 4) is 0 Å². The van der Waals surface area contributed by atoms with Crippen molar-refractivity contribution in [2.24, 2.45) is 0 Å². The third-order valence-corrected chi connectivity index (χ3v) is 5.60. The number of anilines is 2. The number of ether oxygens (including phenoxy) is 1. The summed E-state index contributed by atoms with van der Waals surface area (Å²) in [6, 6.07) is 3.79. The topological polar surface area (TPSA) is 113 Å². The van der Waals surface area contributed by atoms with Crippen LogP contribution in [0.4, 0.5) is 25.0 Å². The van der Waals surface area contributed by atoms with Crippen LogP contribution in [0, 0.1) is 5.82 Å². The van der Waals surface area contributed by atoms with Crippen molar-refractivity contribution in [3.05, 3.63) is 35.9 Å². The Balaban J connectivity index is 1.41. The molecule has 2 saturated heterocycles. The standard InChI is InChI=1S/C20H24F2N6O4/c1-12(30)23-7-15-9-27(20(31)32-15)14-2-3-18(16(21)6-14)26-5-4-19(17(22)10-26)28-8-13(11-29)24-25-28/h2-3,6,8,15,17,19,29H,4-5,7,9-11H2,1H3,(H,23,30)/t15?,17-,19?/m0/s1. The first-order valence-corrected chi connectivity index (χ1v) is 10.3. The summed E-state index contributed by atoms with van der Waals surface area (Å²) in [6.07, 6.45) is -0.550. The van der Waals surface area contributed by atoms with Crippen LogP contribution in [0.2, 0.25) is 0 Å². The quantitative estimate of drug-likeness (QED) is 0.679. The number of hydrogen-bond donors (Lipinski definition) is 2. The van der Waals surface area contributed by atoms with Crippen LogP contribution in [0.5, 0.6) is 0 Å². The number of rotatable bonds is 6. The van der Waals surface area contributed by atoms with E-state index in [1.807, 2.05) is 0 Å². The summed E-state index contributed by atoms with van der Waals surface area (Å²) in [4.78, 5) is 26.1. The highest BCUT2D eigenvalue weighted by Crippen LogP contribution is 2.32. The Kier molecular flexibility index (Phi) is 6.21. The van der Waals surface area contributed by atoms with E-state index in [1.165, 1.54) is 34.8 Å². The Morgan fingerprint density at radius 2 is 2.19 bits per heavy atom. The number of halogens is 2. The van der Waals surface area contributed by atoms with Crippen molar-refractivity contribution >= 4 is 23.4 Å². The average Bonchev–Trinajstić information content (AvgIpc) is 3.38. The van der Waals surface area contributed by atoms with Crippen molar-refractivity contribution in [2.75, 3.05) is 36.0 Å². The second-order valence-electron chi connectivity index (χ2n) is 7.86. The van der Waals surface area contributed by atoms with E-state index in [0.29, 0.717) is 24.3 Å². The van der Waals surface area contributed by atoms with Crippen molar-refractivity contribution < 1.29 is 28.2 Å². The highest BCUT2D eigenvalue weighted by molar-refractivity contribution is 5.90. The number of piperidine rings is 1. The fourth-order valence-corrected chi connectivity index (χ4v) is 3.97. The number of aromatic nitrogens is 3. The Hall–Kier alpha value is -3.28. The van der Waals surface area contributed by atoms with Crippen LogP contribution in [0.3, 0.4) is 0 Å². The maximum Gasteiger partial charge on any atom is 0.414 e. The van der Waals surface area contributed by atoms with Gasteiger partial charge in [0, 0.05) is 13.5 Å². The largest absolute Gasteiger partial charge is 0.442 e. The minimum Gasteiger partial charge on any atom is -0.442 e. The van der Waals surface area contributed by atoms with E-state index in [-0.39, 0.29) is 37.8 Å². The predicted octanol–water partition coefficient (Wildman–Crippen LogP) is 1.16. The van der Waals surface area contributed by atoms with Crippen LogP contribution in [0.1, 0.15) is 25.1 Å². The van der Waals surface area contributed by atoms with Gasteiger partial charge in [0.1, 0.15) is 23.8 Å². The molecule has 0 spiro atoms. The van der Waals surface area contributed by atoms with Gasteiger partial charge in [0.2, 0.25) is 5.91 Å². The number of aliphatic hydroxyl groups is 1. The molecule has 2 aliphatic heterocycles. The predicted molar refractivity (Wildman–Crippen MR) is 109 cm³/mol. The van der Waals surface area contributed by atoms with Crippen LogP contribution in [0.25, 0.3) is 0 Å². The Morgan fingerprint density at radius 1 is 1.38 bits per heavy atom. The summed E-state index contributed by atoms with van der Waals surface area (Å²) in [5.74, 6) is -0.808. The van der Waals surface area contributed by atoms with E-state index in [2.05, 4.69) is 15.6 Å². The summed E-state index contributed by atoms with van der Waals surface area (Å²) in [5.41, 5.74) is 0.931. The molecule has 2 amide bonds. The second kappa shape index (κ2) is 9.07. The molecule has 1 aromatic carbocycles. The van der Waals surface area contributed by atoms with Gasteiger partial charge in [-0.2, -0.15) is 0 Å². The third kappa shape index (κ3) is 4.49. The lowest BCUT2D eigenvalue weighted by Crippen LogP contribution is -2.43. The minimum atomic E-state index is -1.31. The first kappa shape index (κ1) is 21.9. The van der Waals surface area contributed by atoms with Crippen LogP contribution < -0.4 is 15.1 Å². The van der Waals surface area contributed by atoms with Crippen LogP contribution >= 0.6 is 0 Å². The number of cyclic esters (lactones) is 1. The molecule has 2 aliphatic rings. The number of amides is 2. The summed E-state index contributed by atoms with van der Waals surface area (Å²) in [6.45, 7) is 1.83. The minimum absolute atomic E-state index is 0.0280. The molecule has 0 bridgehead atoms. The van der Waals surface area contributed by atoms with Gasteiger partial charge in [-0.1, -0.05) is 5.21 Å². The zero-order valence-electron chi connectivity index (χ0n) is 17.4. The van der Waals surface area contributed by atoms with Gasteiger partial charge in [0.25, 0.3) is 0 Å². The highest BCUT2D eigenvalue weighted by atomic mass is 19.1. The van der Waals surface area contributed by atoms with Crippen molar-refractivity contribution in [1.82, 2.24) is 20.3 Å². The molecule has 3 heterocycles. The lowest BCUT2D eigenvalue weighted by Gasteiger charge is -2.36. The zero-order chi connectivity index (χ0) is 22.8. The van der Waals surface area contributed by atoms with Gasteiger partial charge in [-0.3, -0.25) is 9.69 Å². The molecule has 4 rings (SSSR count). The maximum absolute atomic E-state index is 14.9. The number of alkyl halides is 1. The van der Waals surface area contributed by atoms with E-state index in [9.17, 15) is 18.4 Å². The Labute approximate surface area is 182 Å². The number of nitrogens with zero attached hydrogens (tertiary/aromatic N) is 5. The molecular weight excluding hydrogens is 426 g/mol. The van der Waals surface area contributed by atoms with Crippen molar-refractivity contribution in [3.63, 3.8) is 0 Å². The molecule has 3 atom stereocenters. The van der Waals surface area contributed by atoms with Gasteiger partial charge < -0.3 is 20.1 Å². The Morgan fingerprint density at radius 3 is 2.84 bits per heavy atom. The molecule has 2 N–H and O–H groups in total. The molecule has 2 unspecified atom stereocenters. The van der Waals surface area contributed by atoms with Crippen LogP contribution in [0.15, 0.2) is 24.4 Å². The number of carbonyl (C=O) groups excluding carboxylic acids is 2. The van der Waals surface area contributed by atoms with Crippen molar-refractivity contribution in [1.29, 1.82) is 0 Å². The molecule has 2 aromatic rings. The van der Waals surface area contributed by atoms with Gasteiger partial charge in [0.05, 0.1) is 49.9 Å². The van der Waals surface area contributed by atoms with Gasteiger partial charge in [-0.25, -0.2) is 18.3 Å². The molecule has 1 aromatic heterocycles. The lowest BCUT2D eigenvalue weighted by atomic mass is 10.0. The fraction of sp³-hybridized carbons (Fsp3) is 0.500. The van der Waals surface area contributed by atoms with E-state index in [4.69, 9.17) is 9.84 Å². The van der Waals surface area contributed by atoms with Crippen molar-refractivity contribution in [2.45, 2.75) is 38.3 Å². The smallest absolute Gasteiger partial charge is 0.414 e. The van der Waals surface area contributed by atoms with E-state index in [0.717, 1.165) is 0 Å². The molecule has 0 radical (unpaired) electrons. The third-order valence-electron chi connectivity index (χ3n) is 5.60. The van der Waals surface area contributed by atoms with Gasteiger partial charge in [-0.15, -0.1) is 5.10 Å². The summed E-state index contributed by atoms with van der Waals surface area (Å²) < 4.78 is 36.4. The first-order valence-electron chi connectivity index (χ1n) is 10.3. The molecule has 0 saturated carbocycles. The maximum atomic E-state index is 14.9. The molecule has 10 nitrogen and oxygen atoms in total. The average molecular weight is 450 g/mol. The fourth-order valence-electron chi connectivity index (χ4n) is 3.97. The number of carbonyl (C=O) groups is 2. The number of benzene rings is 1. The number of nitrogens with one attached hydrogen (secondary N) is 1. The first-order chi connectivity index (χ1) is 15.4. The lowest BCUT2D eigenvalue weighted by molar-refractivity contribution is -0.119. The molecule has 0 aliphatic carbocycles. The molecule has 32 heavy (non-hydrogen) atoms. The second-order valence-corrected chi connectivity index (χ2v) is 7.86. The summed E-state index contributed by atoms with van der Waals surface area (Å²) >= 11 is 0. The van der Waals surface area contributed by atoms with Crippen LogP contribution in [-0.4, -0.2) is 70.6 Å². The molecule has 2 fully saturated rings. The van der Waals surface area contributed by atoms with E-state index >= 15 is 0 Å². The van der Waals surface area contributed by atoms with Gasteiger partial charge >= 0.3 is 6.09 Å². The van der Waals surface area contributed by atoms with Crippen LogP contribution in [-0.2, 0) is 16.1 Å². The Bertz CT molecular complexity index is 1000. The van der Waals surface area contributed by atoms with E-state index in [1.54, 1.807) is 11.0 Å². The summed E-state index contributed by atoms with van der Waals surface area (Å²) in [5, 5.41) is 19.3. The normalized spacial score (nSPS) is 23.4. The molecule has 172 valence electrons. The monoisotopic (exact) mass is 450 g/mol. The number of aliphatic hydroxyl groups excluding tert-OH is 1. The zero-order valence-corrected chi connectivity index (χ0v) is 17.4. The highest BCUT2D eigenvalue weighted by Gasteiger charge is 2.35. The summed E-state index contributed by atoms with van der Waals surface area (Å²) in [7, 11) is 0. The van der Waals surface area contributed by atoms with E-state index < -0.39 is 30.2 Å². The SMILES string of the molecule is CC(=O)NCC1CN(c2ccc(N3CCC(n4cc(CO)nn4)[C@@H](F)C3)c(F)c2)C(=O)O1.